The Kier molecular flexibility index (Phi) is 4.19. The van der Waals surface area contributed by atoms with Crippen LogP contribution in [-0.4, -0.2) is 19.7 Å². The second-order valence-electron chi connectivity index (χ2n) is 2.54. The highest BCUT2D eigenvalue weighted by Crippen LogP contribution is 2.24. The Morgan fingerprint density at radius 1 is 1.50 bits per heavy atom. The maximum atomic E-state index is 11.5. The average molecular weight is 306 g/mol. The molecule has 0 unspecified atom stereocenters. The summed E-state index contributed by atoms with van der Waals surface area (Å²) >= 11 is 2.08. The number of benzene rings is 1. The highest BCUT2D eigenvalue weighted by Gasteiger charge is 2.16. The van der Waals surface area contributed by atoms with Crippen molar-refractivity contribution in [1.82, 2.24) is 0 Å². The van der Waals surface area contributed by atoms with Gasteiger partial charge in [-0.05, 0) is 41.6 Å². The van der Waals surface area contributed by atoms with Crippen molar-refractivity contribution in [3.8, 4) is 5.75 Å². The molecule has 0 saturated heterocycles. The molecule has 0 aromatic heterocycles. The van der Waals surface area contributed by atoms with E-state index < -0.39 is 0 Å². The van der Waals surface area contributed by atoms with E-state index in [0.717, 1.165) is 3.57 Å². The lowest BCUT2D eigenvalue weighted by Gasteiger charge is -2.08. The fourth-order valence-electron chi connectivity index (χ4n) is 1.08. The van der Waals surface area contributed by atoms with Crippen LogP contribution < -0.4 is 4.74 Å². The minimum atomic E-state index is -0.339. The number of carbonyl (C=O) groups excluding carboxylic acids is 1. The largest absolute Gasteiger partial charge is 0.496 e. The fourth-order valence-corrected chi connectivity index (χ4v) is 1.77. The Labute approximate surface area is 96.5 Å². The van der Waals surface area contributed by atoms with Gasteiger partial charge in [-0.3, -0.25) is 0 Å². The van der Waals surface area contributed by atoms with Crippen molar-refractivity contribution in [3.05, 3.63) is 27.3 Å². The highest BCUT2D eigenvalue weighted by atomic mass is 127. The van der Waals surface area contributed by atoms with Crippen LogP contribution in [0.4, 0.5) is 0 Å². The molecule has 14 heavy (non-hydrogen) atoms. The van der Waals surface area contributed by atoms with Crippen molar-refractivity contribution in [2.45, 2.75) is 6.92 Å². The summed E-state index contributed by atoms with van der Waals surface area (Å²) in [6.07, 6.45) is 0. The van der Waals surface area contributed by atoms with E-state index in [1.54, 1.807) is 13.0 Å². The Morgan fingerprint density at radius 2 is 2.21 bits per heavy atom. The standard InChI is InChI=1S/C10H11IO3/c1-3-14-10(12)9-7(11)5-4-6-8(9)13-2/h4-6H,3H2,1-2H3. The van der Waals surface area contributed by atoms with E-state index in [4.69, 9.17) is 9.47 Å². The second-order valence-corrected chi connectivity index (χ2v) is 3.70. The predicted molar refractivity (Wildman–Crippen MR) is 61.7 cm³/mol. The first kappa shape index (κ1) is 11.3. The summed E-state index contributed by atoms with van der Waals surface area (Å²) in [7, 11) is 1.54. The third-order valence-corrected chi connectivity index (χ3v) is 2.57. The quantitative estimate of drug-likeness (QED) is 0.636. The Morgan fingerprint density at radius 3 is 2.79 bits per heavy atom. The molecule has 76 valence electrons. The minimum absolute atomic E-state index is 0.339. The number of esters is 1. The SMILES string of the molecule is CCOC(=O)c1c(I)cccc1OC. The maximum absolute atomic E-state index is 11.5. The smallest absolute Gasteiger partial charge is 0.343 e. The summed E-state index contributed by atoms with van der Waals surface area (Å²) in [5, 5.41) is 0. The lowest BCUT2D eigenvalue weighted by molar-refractivity contribution is 0.0521. The first-order valence-electron chi connectivity index (χ1n) is 4.20. The molecule has 4 heteroatoms. The molecule has 0 aliphatic heterocycles. The van der Waals surface area contributed by atoms with Crippen LogP contribution in [0.25, 0.3) is 0 Å². The van der Waals surface area contributed by atoms with E-state index in [1.165, 1.54) is 7.11 Å². The third-order valence-electron chi connectivity index (χ3n) is 1.67. The molecule has 3 nitrogen and oxygen atoms in total. The van der Waals surface area contributed by atoms with Gasteiger partial charge in [-0.25, -0.2) is 4.79 Å². The van der Waals surface area contributed by atoms with Crippen LogP contribution in [0.15, 0.2) is 18.2 Å². The van der Waals surface area contributed by atoms with Crippen molar-refractivity contribution >= 4 is 28.6 Å². The summed E-state index contributed by atoms with van der Waals surface area (Å²) in [6, 6.07) is 5.42. The van der Waals surface area contributed by atoms with Gasteiger partial charge in [0.1, 0.15) is 11.3 Å². The van der Waals surface area contributed by atoms with Gasteiger partial charge >= 0.3 is 5.97 Å². The van der Waals surface area contributed by atoms with Gasteiger partial charge in [0.2, 0.25) is 0 Å². The molecular formula is C10H11IO3. The Balaban J connectivity index is 3.10. The molecule has 0 bridgehead atoms. The van der Waals surface area contributed by atoms with E-state index in [-0.39, 0.29) is 5.97 Å². The predicted octanol–water partition coefficient (Wildman–Crippen LogP) is 2.48. The first-order valence-corrected chi connectivity index (χ1v) is 5.28. The number of rotatable bonds is 3. The van der Waals surface area contributed by atoms with Crippen LogP contribution in [0.1, 0.15) is 17.3 Å². The molecular weight excluding hydrogens is 295 g/mol. The van der Waals surface area contributed by atoms with Crippen LogP contribution >= 0.6 is 22.6 Å². The molecule has 1 rings (SSSR count). The molecule has 1 aromatic rings. The topological polar surface area (TPSA) is 35.5 Å². The van der Waals surface area contributed by atoms with Crippen LogP contribution in [0.5, 0.6) is 5.75 Å². The van der Waals surface area contributed by atoms with E-state index in [1.807, 2.05) is 12.1 Å². The zero-order valence-corrected chi connectivity index (χ0v) is 10.2. The molecule has 0 saturated carbocycles. The zero-order valence-electron chi connectivity index (χ0n) is 8.04. The molecule has 0 aliphatic rings. The number of hydrogen-bond donors (Lipinski definition) is 0. The van der Waals surface area contributed by atoms with E-state index in [2.05, 4.69) is 22.6 Å². The normalized spacial score (nSPS) is 9.64. The van der Waals surface area contributed by atoms with Gasteiger partial charge < -0.3 is 9.47 Å². The van der Waals surface area contributed by atoms with E-state index in [0.29, 0.717) is 17.9 Å². The highest BCUT2D eigenvalue weighted by molar-refractivity contribution is 14.1. The summed E-state index contributed by atoms with van der Waals surface area (Å²) in [4.78, 5) is 11.5. The molecule has 0 aliphatic carbocycles. The van der Waals surface area contributed by atoms with Crippen molar-refractivity contribution in [1.29, 1.82) is 0 Å². The Hall–Kier alpha value is -0.780. The van der Waals surface area contributed by atoms with Crippen LogP contribution in [0.2, 0.25) is 0 Å². The molecule has 0 atom stereocenters. The molecule has 0 amide bonds. The van der Waals surface area contributed by atoms with Gasteiger partial charge in [0, 0.05) is 3.57 Å². The fraction of sp³-hybridized carbons (Fsp3) is 0.300. The number of ether oxygens (including phenoxy) is 2. The number of hydrogen-bond acceptors (Lipinski definition) is 3. The number of carbonyl (C=O) groups is 1. The summed E-state index contributed by atoms with van der Waals surface area (Å²) in [5.41, 5.74) is 0.498. The van der Waals surface area contributed by atoms with E-state index in [9.17, 15) is 4.79 Å². The molecule has 0 radical (unpaired) electrons. The second kappa shape index (κ2) is 5.19. The number of methoxy groups -OCH3 is 1. The lowest BCUT2D eigenvalue weighted by Crippen LogP contribution is -2.08. The van der Waals surface area contributed by atoms with Crippen molar-refractivity contribution in [2.75, 3.05) is 13.7 Å². The number of halogens is 1. The molecule has 0 spiro atoms. The van der Waals surface area contributed by atoms with Gasteiger partial charge in [0.05, 0.1) is 13.7 Å². The van der Waals surface area contributed by atoms with Gasteiger partial charge in [0.25, 0.3) is 0 Å². The summed E-state index contributed by atoms with van der Waals surface area (Å²) in [6.45, 7) is 2.15. The molecule has 0 N–H and O–H groups in total. The molecule has 1 aromatic carbocycles. The average Bonchev–Trinajstić information content (AvgIpc) is 2.17. The van der Waals surface area contributed by atoms with Crippen LogP contribution in [0.3, 0.4) is 0 Å². The van der Waals surface area contributed by atoms with Crippen LogP contribution in [0, 0.1) is 3.57 Å². The van der Waals surface area contributed by atoms with Crippen molar-refractivity contribution in [3.63, 3.8) is 0 Å². The van der Waals surface area contributed by atoms with Crippen LogP contribution in [-0.2, 0) is 4.74 Å². The van der Waals surface area contributed by atoms with Crippen molar-refractivity contribution < 1.29 is 14.3 Å². The van der Waals surface area contributed by atoms with Gasteiger partial charge in [-0.2, -0.15) is 0 Å². The van der Waals surface area contributed by atoms with Gasteiger partial charge in [-0.15, -0.1) is 0 Å². The van der Waals surface area contributed by atoms with Gasteiger partial charge in [0.15, 0.2) is 0 Å². The van der Waals surface area contributed by atoms with Crippen molar-refractivity contribution in [2.24, 2.45) is 0 Å². The monoisotopic (exact) mass is 306 g/mol. The summed E-state index contributed by atoms with van der Waals surface area (Å²) < 4.78 is 10.8. The van der Waals surface area contributed by atoms with Gasteiger partial charge in [-0.1, -0.05) is 6.07 Å². The van der Waals surface area contributed by atoms with E-state index >= 15 is 0 Å². The molecule has 0 heterocycles. The molecule has 0 fully saturated rings. The Bertz CT molecular complexity index is 336. The first-order chi connectivity index (χ1) is 6.70. The minimum Gasteiger partial charge on any atom is -0.496 e. The maximum Gasteiger partial charge on any atom is 0.343 e. The summed E-state index contributed by atoms with van der Waals surface area (Å²) in [5.74, 6) is 0.213. The zero-order chi connectivity index (χ0) is 10.6. The third kappa shape index (κ3) is 2.37. The lowest BCUT2D eigenvalue weighted by atomic mass is 10.2.